The van der Waals surface area contributed by atoms with E-state index in [0.29, 0.717) is 15.0 Å². The van der Waals surface area contributed by atoms with Crippen LogP contribution in [0, 0.1) is 6.92 Å². The molecule has 0 fully saturated rings. The molecule has 12 heteroatoms. The lowest BCUT2D eigenvalue weighted by molar-refractivity contribution is 0.0701. The molecule has 0 saturated carbocycles. The van der Waals surface area contributed by atoms with E-state index < -0.39 is 26.0 Å². The van der Waals surface area contributed by atoms with Gasteiger partial charge in [0.05, 0.1) is 16.3 Å². The summed E-state index contributed by atoms with van der Waals surface area (Å²) in [6.45, 7) is 2.41. The summed E-state index contributed by atoms with van der Waals surface area (Å²) < 4.78 is 51.2. The Morgan fingerprint density at radius 1 is 1.12 bits per heavy atom. The van der Waals surface area contributed by atoms with Crippen LogP contribution in [0.25, 0.3) is 0 Å². The van der Waals surface area contributed by atoms with Gasteiger partial charge in [-0.1, -0.05) is 10.6 Å². The molecule has 2 rings (SSSR count). The van der Waals surface area contributed by atoms with Gasteiger partial charge >= 0.3 is 5.97 Å². The second-order valence-electron chi connectivity index (χ2n) is 5.27. The predicted molar refractivity (Wildman–Crippen MR) is 98.0 cm³/mol. The van der Waals surface area contributed by atoms with Crippen LogP contribution in [0.15, 0.2) is 33.4 Å². The molecule has 0 bridgehead atoms. The maximum Gasteiger partial charge on any atom is 0.346 e. The van der Waals surface area contributed by atoms with E-state index >= 15 is 0 Å². The second kappa shape index (κ2) is 6.87. The van der Waals surface area contributed by atoms with Crippen molar-refractivity contribution in [1.29, 1.82) is 0 Å². The van der Waals surface area contributed by atoms with Gasteiger partial charge in [0.1, 0.15) is 9.09 Å². The molecule has 0 atom stereocenters. The lowest BCUT2D eigenvalue weighted by Crippen LogP contribution is -2.36. The van der Waals surface area contributed by atoms with Crippen molar-refractivity contribution in [3.8, 4) is 0 Å². The Kier molecular flexibility index (Phi) is 5.33. The molecule has 2 aromatic rings. The van der Waals surface area contributed by atoms with Crippen molar-refractivity contribution in [2.24, 2.45) is 0 Å². The highest BCUT2D eigenvalue weighted by atomic mass is 32.3. The topological polar surface area (TPSA) is 161 Å². The molecule has 0 amide bonds. The number of hydrogen-bond donors (Lipinski definition) is 3. The molecule has 0 saturated heterocycles. The molecule has 1 aromatic heterocycles. The van der Waals surface area contributed by atoms with Crippen LogP contribution in [0.3, 0.4) is 0 Å². The highest BCUT2D eigenvalue weighted by Gasteiger charge is 2.37. The summed E-state index contributed by atoms with van der Waals surface area (Å²) in [4.78, 5) is 10.6. The van der Waals surface area contributed by atoms with E-state index in [-0.39, 0.29) is 37.5 Å². The summed E-state index contributed by atoms with van der Waals surface area (Å²) in [5.41, 5.74) is 11.6. The van der Waals surface area contributed by atoms with Crippen LogP contribution < -0.4 is 11.5 Å². The van der Waals surface area contributed by atoms with E-state index in [4.69, 9.17) is 16.6 Å². The van der Waals surface area contributed by atoms with E-state index in [9.17, 15) is 21.6 Å². The van der Waals surface area contributed by atoms with E-state index in [1.807, 2.05) is 0 Å². The lowest BCUT2D eigenvalue weighted by atomic mass is 10.3. The van der Waals surface area contributed by atoms with Crippen molar-refractivity contribution in [2.75, 3.05) is 18.0 Å². The van der Waals surface area contributed by atoms with Crippen LogP contribution in [-0.4, -0.2) is 38.2 Å². The fourth-order valence-corrected chi connectivity index (χ4v) is 7.51. The number of thiophene rings is 1. The highest BCUT2D eigenvalue weighted by molar-refractivity contribution is 8.05. The fourth-order valence-electron chi connectivity index (χ4n) is 2.19. The molecule has 0 spiro atoms. The summed E-state index contributed by atoms with van der Waals surface area (Å²) in [6.07, 6.45) is 0. The van der Waals surface area contributed by atoms with Gasteiger partial charge in [-0.05, 0) is 36.8 Å². The SMILES string of the molecule is CCN(S(=O)(=O)c1ccc(N)c(N)c1)S(=O)(=O)c1cc(C)c(C(=O)O)s1. The van der Waals surface area contributed by atoms with Crippen LogP contribution in [0.5, 0.6) is 0 Å². The Hall–Kier alpha value is -2.15. The molecule has 0 unspecified atom stereocenters. The van der Waals surface area contributed by atoms with Gasteiger partial charge in [0.25, 0.3) is 20.0 Å². The molecule has 0 aliphatic carbocycles. The average molecular weight is 420 g/mol. The van der Waals surface area contributed by atoms with Crippen molar-refractivity contribution in [3.63, 3.8) is 0 Å². The minimum atomic E-state index is -4.49. The first-order chi connectivity index (χ1) is 11.9. The lowest BCUT2D eigenvalue weighted by Gasteiger charge is -2.20. The average Bonchev–Trinajstić information content (AvgIpc) is 2.93. The first-order valence-electron chi connectivity index (χ1n) is 7.19. The molecule has 0 aliphatic heterocycles. The van der Waals surface area contributed by atoms with Crippen LogP contribution in [0.1, 0.15) is 22.2 Å². The van der Waals surface area contributed by atoms with Crippen molar-refractivity contribution in [2.45, 2.75) is 23.0 Å². The number of benzene rings is 1. The summed E-state index contributed by atoms with van der Waals surface area (Å²) >= 11 is 0.497. The van der Waals surface area contributed by atoms with Gasteiger partial charge in [-0.15, -0.1) is 11.3 Å². The molecule has 142 valence electrons. The van der Waals surface area contributed by atoms with Crippen LogP contribution in [0.2, 0.25) is 0 Å². The Morgan fingerprint density at radius 3 is 2.19 bits per heavy atom. The summed E-state index contributed by atoms with van der Waals surface area (Å²) in [6, 6.07) is 4.63. The molecule has 26 heavy (non-hydrogen) atoms. The molecule has 1 aromatic carbocycles. The number of hydrogen-bond acceptors (Lipinski definition) is 8. The third-order valence-corrected chi connectivity index (χ3v) is 9.64. The monoisotopic (exact) mass is 419 g/mol. The quantitative estimate of drug-likeness (QED) is 0.591. The van der Waals surface area contributed by atoms with Gasteiger partial charge in [0.15, 0.2) is 0 Å². The number of nitrogens with zero attached hydrogens (tertiary/aromatic N) is 1. The number of anilines is 2. The zero-order valence-electron chi connectivity index (χ0n) is 13.8. The van der Waals surface area contributed by atoms with Crippen molar-refractivity contribution in [3.05, 3.63) is 34.7 Å². The number of sulfonamides is 2. The van der Waals surface area contributed by atoms with Gasteiger partial charge in [0, 0.05) is 6.54 Å². The first kappa shape index (κ1) is 20.2. The zero-order chi connectivity index (χ0) is 19.9. The van der Waals surface area contributed by atoms with E-state index in [1.165, 1.54) is 19.9 Å². The number of aromatic carboxylic acids is 1. The van der Waals surface area contributed by atoms with Crippen LogP contribution in [-0.2, 0) is 20.0 Å². The van der Waals surface area contributed by atoms with E-state index in [0.717, 1.165) is 18.2 Å². The van der Waals surface area contributed by atoms with Gasteiger partial charge < -0.3 is 16.6 Å². The standard InChI is InChI=1S/C14H17N3O6S3/c1-3-17(25(20,21)9-4-5-10(15)11(16)7-9)26(22,23)12-6-8(2)13(24-12)14(18)19/h4-7H,3,15-16H2,1-2H3,(H,18,19). The van der Waals surface area contributed by atoms with E-state index in [2.05, 4.69) is 0 Å². The van der Waals surface area contributed by atoms with E-state index in [1.54, 1.807) is 0 Å². The van der Waals surface area contributed by atoms with Crippen molar-refractivity contribution >= 4 is 48.7 Å². The highest BCUT2D eigenvalue weighted by Crippen LogP contribution is 2.32. The fraction of sp³-hybridized carbons (Fsp3) is 0.214. The molecule has 5 N–H and O–H groups in total. The minimum absolute atomic E-state index is 0.000317. The van der Waals surface area contributed by atoms with Gasteiger partial charge in [-0.3, -0.25) is 0 Å². The Morgan fingerprint density at radius 2 is 1.73 bits per heavy atom. The molecule has 9 nitrogen and oxygen atoms in total. The largest absolute Gasteiger partial charge is 0.477 e. The number of nitrogen functional groups attached to an aromatic ring is 2. The number of carbonyl (C=O) groups is 1. The Balaban J connectivity index is 2.60. The first-order valence-corrected chi connectivity index (χ1v) is 10.9. The van der Waals surface area contributed by atoms with Gasteiger partial charge in [-0.25, -0.2) is 21.6 Å². The zero-order valence-corrected chi connectivity index (χ0v) is 16.3. The van der Waals surface area contributed by atoms with Crippen molar-refractivity contribution < 1.29 is 26.7 Å². The molecule has 0 radical (unpaired) electrons. The number of carboxylic acids is 1. The van der Waals surface area contributed by atoms with Crippen LogP contribution in [0.4, 0.5) is 11.4 Å². The number of rotatable bonds is 6. The summed E-state index contributed by atoms with van der Waals surface area (Å²) in [7, 11) is -8.94. The maximum atomic E-state index is 12.8. The number of carboxylic acid groups (broad SMARTS) is 1. The molecule has 1 heterocycles. The molecular weight excluding hydrogens is 402 g/mol. The molecular formula is C14H17N3O6S3. The molecule has 0 aliphatic rings. The van der Waals surface area contributed by atoms with Gasteiger partial charge in [-0.2, -0.15) is 0 Å². The maximum absolute atomic E-state index is 12.8. The number of aryl methyl sites for hydroxylation is 1. The third-order valence-electron chi connectivity index (χ3n) is 3.49. The normalized spacial score (nSPS) is 12.4. The Labute approximate surface area is 155 Å². The second-order valence-corrected chi connectivity index (χ2v) is 10.5. The number of nitrogens with two attached hydrogens (primary N) is 2. The third kappa shape index (κ3) is 3.40. The predicted octanol–water partition coefficient (Wildman–Crippen LogP) is 1.32. The smallest absolute Gasteiger partial charge is 0.346 e. The van der Waals surface area contributed by atoms with Gasteiger partial charge in [0.2, 0.25) is 0 Å². The van der Waals surface area contributed by atoms with Crippen LogP contribution >= 0.6 is 11.3 Å². The minimum Gasteiger partial charge on any atom is -0.477 e. The van der Waals surface area contributed by atoms with Crippen molar-refractivity contribution in [1.82, 2.24) is 3.71 Å². The summed E-state index contributed by atoms with van der Waals surface area (Å²) in [5.74, 6) is -1.29. The summed E-state index contributed by atoms with van der Waals surface area (Å²) in [5, 5.41) is 9.09. The Bertz CT molecular complexity index is 1070.